The third kappa shape index (κ3) is 2.31. The van der Waals surface area contributed by atoms with Crippen LogP contribution >= 0.6 is 0 Å². The molecule has 0 spiro atoms. The van der Waals surface area contributed by atoms with Crippen molar-refractivity contribution >= 4 is 16.9 Å². The lowest BCUT2D eigenvalue weighted by molar-refractivity contribution is 0.0653. The summed E-state index contributed by atoms with van der Waals surface area (Å²) in [7, 11) is 0. The molecule has 0 aliphatic heterocycles. The summed E-state index contributed by atoms with van der Waals surface area (Å²) in [5, 5.41) is 9.88. The van der Waals surface area contributed by atoms with Gasteiger partial charge in [-0.15, -0.1) is 0 Å². The van der Waals surface area contributed by atoms with Gasteiger partial charge < -0.3 is 14.3 Å². The molecule has 1 aromatic heterocycles. The molecule has 1 aromatic carbocycles. The molecule has 17 heavy (non-hydrogen) atoms. The fraction of sp³-hybridized carbons (Fsp3) is 0.308. The molecule has 0 atom stereocenters. The van der Waals surface area contributed by atoms with Crippen molar-refractivity contribution in [2.24, 2.45) is 0 Å². The minimum atomic E-state index is -1.06. The van der Waals surface area contributed by atoms with Crippen molar-refractivity contribution in [3.05, 3.63) is 35.6 Å². The molecule has 2 rings (SSSR count). The quantitative estimate of drug-likeness (QED) is 0.808. The molecule has 4 nitrogen and oxygen atoms in total. The number of hydrogen-bond donors (Lipinski definition) is 1. The van der Waals surface area contributed by atoms with Crippen LogP contribution in [0.2, 0.25) is 0 Å². The second-order valence-electron chi connectivity index (χ2n) is 3.76. The highest BCUT2D eigenvalue weighted by molar-refractivity contribution is 5.94. The van der Waals surface area contributed by atoms with E-state index < -0.39 is 5.97 Å². The monoisotopic (exact) mass is 234 g/mol. The second-order valence-corrected chi connectivity index (χ2v) is 3.76. The summed E-state index contributed by atoms with van der Waals surface area (Å²) in [4.78, 5) is 11.1. The minimum Gasteiger partial charge on any atom is -0.475 e. The van der Waals surface area contributed by atoms with Gasteiger partial charge in [-0.25, -0.2) is 4.79 Å². The van der Waals surface area contributed by atoms with E-state index in [-0.39, 0.29) is 12.4 Å². The fourth-order valence-corrected chi connectivity index (χ4v) is 1.73. The number of para-hydroxylation sites is 1. The first kappa shape index (κ1) is 11.7. The number of furan rings is 1. The summed E-state index contributed by atoms with van der Waals surface area (Å²) in [5.41, 5.74) is 1.20. The van der Waals surface area contributed by atoms with Gasteiger partial charge in [0.05, 0.1) is 6.61 Å². The Kier molecular flexibility index (Phi) is 3.44. The minimum absolute atomic E-state index is 0.0256. The average Bonchev–Trinajstić information content (AvgIpc) is 2.69. The third-order valence-electron chi connectivity index (χ3n) is 2.49. The topological polar surface area (TPSA) is 59.7 Å². The molecule has 1 N–H and O–H groups in total. The zero-order valence-corrected chi connectivity index (χ0v) is 9.60. The van der Waals surface area contributed by atoms with Crippen molar-refractivity contribution in [1.82, 2.24) is 0 Å². The SMILES string of the molecule is CCCOCc1c(C(=O)O)oc2ccccc12. The number of benzene rings is 1. The van der Waals surface area contributed by atoms with E-state index in [4.69, 9.17) is 14.3 Å². The van der Waals surface area contributed by atoms with E-state index in [1.807, 2.05) is 25.1 Å². The van der Waals surface area contributed by atoms with E-state index in [1.54, 1.807) is 6.07 Å². The number of aromatic carboxylic acids is 1. The predicted octanol–water partition coefficient (Wildman–Crippen LogP) is 3.06. The Morgan fingerprint density at radius 1 is 1.41 bits per heavy atom. The highest BCUT2D eigenvalue weighted by atomic mass is 16.5. The molecule has 0 aliphatic rings. The Labute approximate surface area is 98.8 Å². The van der Waals surface area contributed by atoms with Crippen LogP contribution in [-0.4, -0.2) is 17.7 Å². The van der Waals surface area contributed by atoms with Crippen molar-refractivity contribution in [2.45, 2.75) is 20.0 Å². The molecule has 2 aromatic rings. The number of ether oxygens (including phenoxy) is 1. The summed E-state index contributed by atoms with van der Waals surface area (Å²) in [6.45, 7) is 2.89. The van der Waals surface area contributed by atoms with Crippen LogP contribution in [0.25, 0.3) is 11.0 Å². The Morgan fingerprint density at radius 2 is 2.18 bits per heavy atom. The summed E-state index contributed by atoms with van der Waals surface area (Å²) >= 11 is 0. The first-order chi connectivity index (χ1) is 8.24. The van der Waals surface area contributed by atoms with E-state index in [2.05, 4.69) is 0 Å². The van der Waals surface area contributed by atoms with Gasteiger partial charge in [-0.05, 0) is 12.5 Å². The number of carboxylic acid groups (broad SMARTS) is 1. The van der Waals surface area contributed by atoms with Crippen LogP contribution in [0.5, 0.6) is 0 Å². The summed E-state index contributed by atoms with van der Waals surface area (Å²) in [6.07, 6.45) is 0.901. The molecule has 0 bridgehead atoms. The molecule has 90 valence electrons. The normalized spacial score (nSPS) is 10.9. The van der Waals surface area contributed by atoms with Crippen LogP contribution in [0.15, 0.2) is 28.7 Å². The van der Waals surface area contributed by atoms with Gasteiger partial charge >= 0.3 is 5.97 Å². The van der Waals surface area contributed by atoms with Crippen LogP contribution < -0.4 is 0 Å². The largest absolute Gasteiger partial charge is 0.475 e. The lowest BCUT2D eigenvalue weighted by Gasteiger charge is -2.01. The van der Waals surface area contributed by atoms with E-state index in [9.17, 15) is 4.79 Å². The van der Waals surface area contributed by atoms with Gasteiger partial charge in [-0.2, -0.15) is 0 Å². The molecular weight excluding hydrogens is 220 g/mol. The first-order valence-electron chi connectivity index (χ1n) is 5.55. The van der Waals surface area contributed by atoms with Crippen molar-refractivity contribution in [3.8, 4) is 0 Å². The van der Waals surface area contributed by atoms with Crippen LogP contribution in [0, 0.1) is 0 Å². The maximum Gasteiger partial charge on any atom is 0.372 e. The first-order valence-corrected chi connectivity index (χ1v) is 5.55. The Balaban J connectivity index is 2.41. The number of carboxylic acids is 1. The summed E-state index contributed by atoms with van der Waals surface area (Å²) < 4.78 is 10.7. The van der Waals surface area contributed by atoms with Gasteiger partial charge in [0.15, 0.2) is 0 Å². The standard InChI is InChI=1S/C13H14O4/c1-2-7-16-8-10-9-5-3-4-6-11(9)17-12(10)13(14)15/h3-6H,2,7-8H2,1H3,(H,14,15). The van der Waals surface area contributed by atoms with Gasteiger partial charge in [0, 0.05) is 17.6 Å². The number of rotatable bonds is 5. The Bertz CT molecular complexity index is 527. The molecule has 1 heterocycles. The van der Waals surface area contributed by atoms with Crippen molar-refractivity contribution in [1.29, 1.82) is 0 Å². The van der Waals surface area contributed by atoms with Crippen LogP contribution in [-0.2, 0) is 11.3 Å². The Morgan fingerprint density at radius 3 is 2.88 bits per heavy atom. The lowest BCUT2D eigenvalue weighted by Crippen LogP contribution is -2.01. The molecule has 0 radical (unpaired) electrons. The van der Waals surface area contributed by atoms with Gasteiger partial charge in [-0.1, -0.05) is 25.1 Å². The highest BCUT2D eigenvalue weighted by Crippen LogP contribution is 2.26. The van der Waals surface area contributed by atoms with E-state index >= 15 is 0 Å². The third-order valence-corrected chi connectivity index (χ3v) is 2.49. The number of fused-ring (bicyclic) bond motifs is 1. The molecular formula is C13H14O4. The van der Waals surface area contributed by atoms with Gasteiger partial charge in [0.2, 0.25) is 5.76 Å². The maximum absolute atomic E-state index is 11.1. The van der Waals surface area contributed by atoms with Crippen LogP contribution in [0.1, 0.15) is 29.5 Å². The fourth-order valence-electron chi connectivity index (χ4n) is 1.73. The van der Waals surface area contributed by atoms with E-state index in [0.717, 1.165) is 11.8 Å². The Hall–Kier alpha value is -1.81. The predicted molar refractivity (Wildman–Crippen MR) is 63.1 cm³/mol. The molecule has 0 amide bonds. The molecule has 4 heteroatoms. The number of hydrogen-bond acceptors (Lipinski definition) is 3. The molecule has 0 saturated carbocycles. The van der Waals surface area contributed by atoms with E-state index in [1.165, 1.54) is 0 Å². The molecule has 0 aliphatic carbocycles. The van der Waals surface area contributed by atoms with Gasteiger partial charge in [-0.3, -0.25) is 0 Å². The van der Waals surface area contributed by atoms with E-state index in [0.29, 0.717) is 17.8 Å². The van der Waals surface area contributed by atoms with Crippen molar-refractivity contribution in [2.75, 3.05) is 6.61 Å². The molecule has 0 fully saturated rings. The number of carbonyl (C=O) groups is 1. The van der Waals surface area contributed by atoms with Crippen LogP contribution in [0.4, 0.5) is 0 Å². The highest BCUT2D eigenvalue weighted by Gasteiger charge is 2.19. The van der Waals surface area contributed by atoms with Gasteiger partial charge in [0.1, 0.15) is 5.58 Å². The molecule has 0 unspecified atom stereocenters. The molecule has 0 saturated heterocycles. The average molecular weight is 234 g/mol. The zero-order chi connectivity index (χ0) is 12.3. The summed E-state index contributed by atoms with van der Waals surface area (Å²) in [6, 6.07) is 7.27. The lowest BCUT2D eigenvalue weighted by atomic mass is 10.1. The maximum atomic E-state index is 11.1. The second kappa shape index (κ2) is 5.01. The zero-order valence-electron chi connectivity index (χ0n) is 9.60. The van der Waals surface area contributed by atoms with Gasteiger partial charge in [0.25, 0.3) is 0 Å². The van der Waals surface area contributed by atoms with Crippen LogP contribution in [0.3, 0.4) is 0 Å². The van der Waals surface area contributed by atoms with Crippen molar-refractivity contribution < 1.29 is 19.1 Å². The smallest absolute Gasteiger partial charge is 0.372 e. The van der Waals surface area contributed by atoms with Crippen molar-refractivity contribution in [3.63, 3.8) is 0 Å². The summed E-state index contributed by atoms with van der Waals surface area (Å²) in [5.74, 6) is -1.08.